The van der Waals surface area contributed by atoms with Gasteiger partial charge in [0.2, 0.25) is 5.91 Å². The number of carbonyl (C=O) groups excluding carboxylic acids is 2. The van der Waals surface area contributed by atoms with Gasteiger partial charge in [-0.05, 0) is 38.1 Å². The molecule has 0 fully saturated rings. The highest BCUT2D eigenvalue weighted by atomic mass is 32.2. The SMILES string of the molecule is CC(C)(COc1cccc2c1C(N)=NS(=O)(=O)N2)NC(=O)c1ccnc(NC(=O)C(C)(C)C)c1. The molecule has 5 N–H and O–H groups in total. The number of nitrogens with one attached hydrogen (secondary N) is 3. The number of pyridine rings is 1. The zero-order chi connectivity index (χ0) is 25.3. The molecule has 2 heterocycles. The average Bonchev–Trinajstić information content (AvgIpc) is 2.70. The molecule has 1 aromatic heterocycles. The molecule has 12 heteroatoms. The minimum absolute atomic E-state index is 0.0495. The summed E-state index contributed by atoms with van der Waals surface area (Å²) >= 11 is 0. The van der Waals surface area contributed by atoms with E-state index in [4.69, 9.17) is 10.5 Å². The number of aromatic nitrogens is 1. The third kappa shape index (κ3) is 6.01. The van der Waals surface area contributed by atoms with Crippen molar-refractivity contribution >= 4 is 39.4 Å². The van der Waals surface area contributed by atoms with E-state index in [1.165, 1.54) is 18.3 Å². The van der Waals surface area contributed by atoms with Gasteiger partial charge in [0.05, 0.1) is 16.8 Å². The van der Waals surface area contributed by atoms with Crippen LogP contribution in [0.5, 0.6) is 5.75 Å². The monoisotopic (exact) mass is 488 g/mol. The molecule has 34 heavy (non-hydrogen) atoms. The number of nitrogens with zero attached hydrogens (tertiary/aromatic N) is 2. The Morgan fingerprint density at radius 2 is 1.85 bits per heavy atom. The molecule has 1 aromatic carbocycles. The second kappa shape index (κ2) is 8.93. The second-order valence-corrected chi connectivity index (χ2v) is 10.8. The first-order valence-corrected chi connectivity index (χ1v) is 11.9. The first-order chi connectivity index (χ1) is 15.7. The molecule has 0 unspecified atom stereocenters. The lowest BCUT2D eigenvalue weighted by Crippen LogP contribution is -2.48. The molecule has 0 bridgehead atoms. The summed E-state index contributed by atoms with van der Waals surface area (Å²) in [5.41, 5.74) is 5.31. The van der Waals surface area contributed by atoms with E-state index in [0.717, 1.165) is 0 Å². The second-order valence-electron chi connectivity index (χ2n) is 9.49. The van der Waals surface area contributed by atoms with Crippen LogP contribution in [0.1, 0.15) is 50.5 Å². The fourth-order valence-electron chi connectivity index (χ4n) is 2.96. The summed E-state index contributed by atoms with van der Waals surface area (Å²) in [6, 6.07) is 7.83. The van der Waals surface area contributed by atoms with Crippen LogP contribution in [0, 0.1) is 5.41 Å². The summed E-state index contributed by atoms with van der Waals surface area (Å²) in [5, 5.41) is 5.58. The van der Waals surface area contributed by atoms with Gasteiger partial charge in [0, 0.05) is 17.2 Å². The fourth-order valence-corrected chi connectivity index (χ4v) is 3.80. The van der Waals surface area contributed by atoms with Crippen molar-refractivity contribution < 1.29 is 22.7 Å². The number of amidine groups is 1. The maximum Gasteiger partial charge on any atom is 0.344 e. The van der Waals surface area contributed by atoms with Gasteiger partial charge in [-0.15, -0.1) is 4.40 Å². The largest absolute Gasteiger partial charge is 0.490 e. The Morgan fingerprint density at radius 1 is 1.15 bits per heavy atom. The number of rotatable bonds is 6. The average molecular weight is 489 g/mol. The van der Waals surface area contributed by atoms with E-state index in [1.807, 2.05) is 0 Å². The molecule has 182 valence electrons. The van der Waals surface area contributed by atoms with Gasteiger partial charge in [-0.2, -0.15) is 8.42 Å². The van der Waals surface area contributed by atoms with Crippen LogP contribution in [0.15, 0.2) is 40.9 Å². The van der Waals surface area contributed by atoms with E-state index in [1.54, 1.807) is 52.8 Å². The lowest BCUT2D eigenvalue weighted by molar-refractivity contribution is -0.123. The topological polar surface area (TPSA) is 165 Å². The van der Waals surface area contributed by atoms with Gasteiger partial charge < -0.3 is 21.1 Å². The van der Waals surface area contributed by atoms with Crippen LogP contribution < -0.4 is 25.8 Å². The smallest absolute Gasteiger partial charge is 0.344 e. The Balaban J connectivity index is 1.70. The third-order valence-electron chi connectivity index (χ3n) is 4.73. The van der Waals surface area contributed by atoms with E-state index < -0.39 is 21.2 Å². The number of nitrogens with two attached hydrogens (primary N) is 1. The lowest BCUT2D eigenvalue weighted by Gasteiger charge is -2.27. The predicted octanol–water partition coefficient (Wildman–Crippen LogP) is 2.03. The maximum absolute atomic E-state index is 12.8. The summed E-state index contributed by atoms with van der Waals surface area (Å²) in [6.07, 6.45) is 1.44. The Bertz CT molecular complexity index is 1260. The summed E-state index contributed by atoms with van der Waals surface area (Å²) < 4.78 is 35.1. The lowest BCUT2D eigenvalue weighted by atomic mass is 9.96. The Hall–Kier alpha value is -3.67. The van der Waals surface area contributed by atoms with Crippen LogP contribution in [0.4, 0.5) is 11.5 Å². The number of anilines is 2. The van der Waals surface area contributed by atoms with Crippen LogP contribution in [-0.4, -0.2) is 43.2 Å². The van der Waals surface area contributed by atoms with Crippen LogP contribution in [0.2, 0.25) is 0 Å². The molecule has 2 amide bonds. The van der Waals surface area contributed by atoms with Crippen molar-refractivity contribution in [2.45, 2.75) is 40.2 Å². The third-order valence-corrected chi connectivity index (χ3v) is 5.64. The molecule has 3 rings (SSSR count). The molecule has 0 saturated carbocycles. The molecule has 1 aliphatic rings. The molecule has 0 atom stereocenters. The van der Waals surface area contributed by atoms with E-state index in [2.05, 4.69) is 24.7 Å². The Morgan fingerprint density at radius 3 is 2.53 bits per heavy atom. The zero-order valence-electron chi connectivity index (χ0n) is 19.6. The van der Waals surface area contributed by atoms with Crippen molar-refractivity contribution in [2.75, 3.05) is 16.6 Å². The summed E-state index contributed by atoms with van der Waals surface area (Å²) in [5.74, 6) is -0.198. The van der Waals surface area contributed by atoms with Crippen LogP contribution in [0.25, 0.3) is 0 Å². The minimum atomic E-state index is -3.90. The highest BCUT2D eigenvalue weighted by Gasteiger charge is 2.27. The molecule has 11 nitrogen and oxygen atoms in total. The predicted molar refractivity (Wildman–Crippen MR) is 129 cm³/mol. The molecular formula is C22H28N6O5S. The number of ether oxygens (including phenoxy) is 1. The summed E-state index contributed by atoms with van der Waals surface area (Å²) in [6.45, 7) is 8.92. The van der Waals surface area contributed by atoms with Gasteiger partial charge in [0.25, 0.3) is 5.91 Å². The van der Waals surface area contributed by atoms with Crippen molar-refractivity contribution in [3.8, 4) is 5.75 Å². The quantitative estimate of drug-likeness (QED) is 0.483. The molecule has 2 aromatic rings. The molecule has 1 aliphatic heterocycles. The van der Waals surface area contributed by atoms with E-state index in [9.17, 15) is 18.0 Å². The van der Waals surface area contributed by atoms with Gasteiger partial charge in [0.15, 0.2) is 5.84 Å². The Labute approximate surface area is 198 Å². The number of amides is 2. The molecular weight excluding hydrogens is 460 g/mol. The molecule has 0 radical (unpaired) electrons. The van der Waals surface area contributed by atoms with Gasteiger partial charge >= 0.3 is 10.2 Å². The summed E-state index contributed by atoms with van der Waals surface area (Å²) in [7, 11) is -3.90. The van der Waals surface area contributed by atoms with Gasteiger partial charge in [0.1, 0.15) is 18.2 Å². The van der Waals surface area contributed by atoms with E-state index >= 15 is 0 Å². The first-order valence-electron chi connectivity index (χ1n) is 10.4. The van der Waals surface area contributed by atoms with Crippen LogP contribution >= 0.6 is 0 Å². The number of fused-ring (bicyclic) bond motifs is 1. The van der Waals surface area contributed by atoms with E-state index in [-0.39, 0.29) is 35.8 Å². The van der Waals surface area contributed by atoms with Crippen molar-refractivity contribution in [2.24, 2.45) is 15.5 Å². The van der Waals surface area contributed by atoms with E-state index in [0.29, 0.717) is 16.9 Å². The maximum atomic E-state index is 12.8. The molecule has 0 spiro atoms. The number of hydrogen-bond donors (Lipinski definition) is 4. The minimum Gasteiger partial charge on any atom is -0.490 e. The van der Waals surface area contributed by atoms with Crippen molar-refractivity contribution in [1.29, 1.82) is 0 Å². The molecule has 0 aliphatic carbocycles. The first kappa shape index (κ1) is 25.0. The summed E-state index contributed by atoms with van der Waals surface area (Å²) in [4.78, 5) is 29.1. The van der Waals surface area contributed by atoms with Crippen molar-refractivity contribution in [3.05, 3.63) is 47.7 Å². The molecule has 0 saturated heterocycles. The van der Waals surface area contributed by atoms with Gasteiger partial charge in [-0.25, -0.2) is 4.98 Å². The van der Waals surface area contributed by atoms with Gasteiger partial charge in [-0.1, -0.05) is 26.8 Å². The number of carbonyl (C=O) groups is 2. The number of hydrogen-bond acceptors (Lipinski definition) is 7. The Kier molecular flexibility index (Phi) is 6.56. The normalized spacial score (nSPS) is 14.8. The highest BCUT2D eigenvalue weighted by Crippen LogP contribution is 2.31. The standard InChI is InChI=1S/C22H28N6O5S/c1-21(2,3)20(30)25-16-11-13(9-10-24-16)19(29)26-22(4,5)12-33-15-8-6-7-14-17(15)18(23)28-34(31,32)27-14/h6-11,27H,12H2,1-5H3,(H2,23,28)(H,26,29)(H,24,25,30). The van der Waals surface area contributed by atoms with Crippen molar-refractivity contribution in [3.63, 3.8) is 0 Å². The van der Waals surface area contributed by atoms with Crippen molar-refractivity contribution in [1.82, 2.24) is 10.3 Å². The number of benzene rings is 1. The zero-order valence-corrected chi connectivity index (χ0v) is 20.4. The van der Waals surface area contributed by atoms with Gasteiger partial charge in [-0.3, -0.25) is 14.3 Å². The fraction of sp³-hybridized carbons (Fsp3) is 0.364. The van der Waals surface area contributed by atoms with Crippen LogP contribution in [0.3, 0.4) is 0 Å². The highest BCUT2D eigenvalue weighted by molar-refractivity contribution is 7.91. The van der Waals surface area contributed by atoms with Crippen LogP contribution in [-0.2, 0) is 15.0 Å².